The van der Waals surface area contributed by atoms with E-state index in [2.05, 4.69) is 12.1 Å². The molecule has 0 bridgehead atoms. The molecule has 11 nitrogen and oxygen atoms in total. The van der Waals surface area contributed by atoms with E-state index in [9.17, 15) is 4.79 Å². The second-order valence-electron chi connectivity index (χ2n) is 12.9. The average molecular weight is 642 g/mol. The molecule has 1 atom stereocenters. The molecule has 2 aliphatic rings. The van der Waals surface area contributed by atoms with Gasteiger partial charge in [0, 0.05) is 50.4 Å². The van der Waals surface area contributed by atoms with E-state index in [0.717, 1.165) is 82.4 Å². The van der Waals surface area contributed by atoms with Gasteiger partial charge in [0.05, 0.1) is 22.5 Å². The number of ether oxygens (including phenoxy) is 3. The standard InChI is InChI=1S/C34H39N7O4S/c1-22-28(26-20-25(15-18-40(26)37-22)44-24-13-16-39(17-14-24)33(42)45-34(2,3)4)32-36-29(23-10-6-5-7-11-23)30(46-32)31-35-21-41(38-31)27-12-8-9-19-43-27/h5-7,10-11,15,18,20-21,24,27H,8-9,12-14,16-17,19H2,1-4H3. The van der Waals surface area contributed by atoms with Gasteiger partial charge in [0.15, 0.2) is 12.1 Å². The first-order valence-corrected chi connectivity index (χ1v) is 16.8. The van der Waals surface area contributed by atoms with E-state index in [1.807, 2.05) is 73.4 Å². The molecule has 2 fully saturated rings. The highest BCUT2D eigenvalue weighted by atomic mass is 32.1. The Bertz CT molecular complexity index is 1830. The molecule has 240 valence electrons. The van der Waals surface area contributed by atoms with Crippen LogP contribution in [0.25, 0.3) is 38.0 Å². The van der Waals surface area contributed by atoms with Crippen LogP contribution < -0.4 is 4.74 Å². The number of rotatable bonds is 6. The van der Waals surface area contributed by atoms with Crippen LogP contribution in [0.2, 0.25) is 0 Å². The quantitative estimate of drug-likeness (QED) is 0.192. The molecule has 0 N–H and O–H groups in total. The highest BCUT2D eigenvalue weighted by molar-refractivity contribution is 7.19. The molecule has 0 saturated carbocycles. The predicted molar refractivity (Wildman–Crippen MR) is 176 cm³/mol. The van der Waals surface area contributed by atoms with E-state index in [0.29, 0.717) is 18.9 Å². The van der Waals surface area contributed by atoms with E-state index in [1.165, 1.54) is 0 Å². The van der Waals surface area contributed by atoms with Crippen molar-refractivity contribution < 1.29 is 19.0 Å². The lowest BCUT2D eigenvalue weighted by Crippen LogP contribution is -2.44. The van der Waals surface area contributed by atoms with Crippen LogP contribution in [0.5, 0.6) is 5.75 Å². The zero-order valence-electron chi connectivity index (χ0n) is 26.7. The molecule has 6 heterocycles. The molecular weight excluding hydrogens is 602 g/mol. The number of hydrogen-bond acceptors (Lipinski definition) is 9. The Kier molecular flexibility index (Phi) is 8.24. The van der Waals surface area contributed by atoms with Crippen molar-refractivity contribution in [2.75, 3.05) is 19.7 Å². The minimum atomic E-state index is -0.511. The van der Waals surface area contributed by atoms with Gasteiger partial charge in [-0.05, 0) is 53.0 Å². The van der Waals surface area contributed by atoms with Crippen LogP contribution in [0, 0.1) is 6.92 Å². The maximum absolute atomic E-state index is 12.5. The first-order valence-electron chi connectivity index (χ1n) is 16.0. The molecule has 4 aromatic heterocycles. The van der Waals surface area contributed by atoms with E-state index < -0.39 is 5.60 Å². The Labute approximate surface area is 272 Å². The van der Waals surface area contributed by atoms with Crippen LogP contribution in [0.15, 0.2) is 55.0 Å². The number of piperidine rings is 1. The molecule has 0 aliphatic carbocycles. The first-order chi connectivity index (χ1) is 22.2. The van der Waals surface area contributed by atoms with Gasteiger partial charge in [0.25, 0.3) is 0 Å². The maximum atomic E-state index is 12.5. The third-order valence-corrected chi connectivity index (χ3v) is 9.30. The number of carbonyl (C=O) groups excluding carboxylic acids is 1. The first kappa shape index (κ1) is 30.4. The molecule has 0 spiro atoms. The number of thiazole rings is 1. The molecule has 1 unspecified atom stereocenters. The lowest BCUT2D eigenvalue weighted by molar-refractivity contribution is -0.0395. The van der Waals surface area contributed by atoms with E-state index in [4.69, 9.17) is 34.4 Å². The van der Waals surface area contributed by atoms with Gasteiger partial charge >= 0.3 is 6.09 Å². The zero-order chi connectivity index (χ0) is 31.8. The molecule has 1 amide bonds. The van der Waals surface area contributed by atoms with Gasteiger partial charge in [0.1, 0.15) is 33.7 Å². The Morgan fingerprint density at radius 3 is 2.59 bits per heavy atom. The number of nitrogens with zero attached hydrogens (tertiary/aromatic N) is 7. The van der Waals surface area contributed by atoms with Crippen LogP contribution >= 0.6 is 11.3 Å². The Hall–Kier alpha value is -4.29. The summed E-state index contributed by atoms with van der Waals surface area (Å²) in [6.45, 7) is 9.60. The van der Waals surface area contributed by atoms with Gasteiger partial charge in [-0.3, -0.25) is 0 Å². The fourth-order valence-electron chi connectivity index (χ4n) is 5.98. The maximum Gasteiger partial charge on any atom is 0.410 e. The largest absolute Gasteiger partial charge is 0.490 e. The molecular formula is C34H39N7O4S. The number of aromatic nitrogens is 6. The minimum Gasteiger partial charge on any atom is -0.490 e. The number of hydrogen-bond donors (Lipinski definition) is 0. The third kappa shape index (κ3) is 6.36. The summed E-state index contributed by atoms with van der Waals surface area (Å²) in [7, 11) is 0. The van der Waals surface area contributed by atoms with Crippen molar-refractivity contribution in [3.63, 3.8) is 0 Å². The van der Waals surface area contributed by atoms with Gasteiger partial charge in [-0.25, -0.2) is 24.0 Å². The van der Waals surface area contributed by atoms with Gasteiger partial charge in [-0.1, -0.05) is 30.3 Å². The fourth-order valence-corrected chi connectivity index (χ4v) is 7.11. The smallest absolute Gasteiger partial charge is 0.410 e. The Morgan fingerprint density at radius 1 is 1.04 bits per heavy atom. The molecule has 2 saturated heterocycles. The van der Waals surface area contributed by atoms with Crippen molar-refractivity contribution in [3.8, 4) is 38.3 Å². The van der Waals surface area contributed by atoms with Crippen molar-refractivity contribution in [2.24, 2.45) is 0 Å². The minimum absolute atomic E-state index is 0.000849. The molecule has 2 aliphatic heterocycles. The zero-order valence-corrected chi connectivity index (χ0v) is 27.5. The van der Waals surface area contributed by atoms with Gasteiger partial charge < -0.3 is 19.1 Å². The Morgan fingerprint density at radius 2 is 1.85 bits per heavy atom. The van der Waals surface area contributed by atoms with Crippen LogP contribution in [0.4, 0.5) is 4.79 Å². The van der Waals surface area contributed by atoms with Gasteiger partial charge in [-0.15, -0.1) is 16.4 Å². The highest BCUT2D eigenvalue weighted by Crippen LogP contribution is 2.42. The van der Waals surface area contributed by atoms with Crippen LogP contribution in [-0.2, 0) is 9.47 Å². The van der Waals surface area contributed by atoms with Crippen molar-refractivity contribution in [1.82, 2.24) is 34.3 Å². The molecule has 0 radical (unpaired) electrons. The van der Waals surface area contributed by atoms with Gasteiger partial charge in [-0.2, -0.15) is 5.10 Å². The van der Waals surface area contributed by atoms with Crippen LogP contribution in [-0.4, -0.2) is 71.8 Å². The summed E-state index contributed by atoms with van der Waals surface area (Å²) in [4.78, 5) is 25.1. The number of pyridine rings is 1. The SMILES string of the molecule is Cc1nn2ccc(OC3CCN(C(=O)OC(C)(C)C)CC3)cc2c1-c1nc(-c2ccccc2)c(-c2ncn(C3CCCCO3)n2)s1. The topological polar surface area (TPSA) is 109 Å². The van der Waals surface area contributed by atoms with E-state index in [-0.39, 0.29) is 18.4 Å². The summed E-state index contributed by atoms with van der Waals surface area (Å²) in [5.74, 6) is 1.39. The van der Waals surface area contributed by atoms with E-state index >= 15 is 0 Å². The highest BCUT2D eigenvalue weighted by Gasteiger charge is 2.29. The molecule has 46 heavy (non-hydrogen) atoms. The number of benzene rings is 1. The summed E-state index contributed by atoms with van der Waals surface area (Å²) >= 11 is 1.57. The van der Waals surface area contributed by atoms with Crippen LogP contribution in [0.3, 0.4) is 0 Å². The number of aryl methyl sites for hydroxylation is 1. The summed E-state index contributed by atoms with van der Waals surface area (Å²) in [6, 6.07) is 14.1. The number of amides is 1. The third-order valence-electron chi connectivity index (χ3n) is 8.23. The van der Waals surface area contributed by atoms with Crippen molar-refractivity contribution in [3.05, 3.63) is 60.7 Å². The number of likely N-dealkylation sites (tertiary alicyclic amines) is 1. The van der Waals surface area contributed by atoms with Crippen molar-refractivity contribution >= 4 is 22.9 Å². The van der Waals surface area contributed by atoms with Crippen molar-refractivity contribution in [1.29, 1.82) is 0 Å². The Balaban J connectivity index is 1.17. The van der Waals surface area contributed by atoms with Crippen LogP contribution in [0.1, 0.15) is 64.8 Å². The summed E-state index contributed by atoms with van der Waals surface area (Å²) < 4.78 is 21.7. The fraction of sp³-hybridized carbons (Fsp3) is 0.441. The second-order valence-corrected chi connectivity index (χ2v) is 13.9. The molecule has 5 aromatic rings. The predicted octanol–water partition coefficient (Wildman–Crippen LogP) is 7.17. The molecule has 7 rings (SSSR count). The van der Waals surface area contributed by atoms with Crippen molar-refractivity contribution in [2.45, 2.75) is 77.7 Å². The number of fused-ring (bicyclic) bond motifs is 1. The van der Waals surface area contributed by atoms with E-state index in [1.54, 1.807) is 22.6 Å². The monoisotopic (exact) mass is 641 g/mol. The lowest BCUT2D eigenvalue weighted by atomic mass is 10.1. The average Bonchev–Trinajstić information content (AvgIpc) is 3.78. The normalized spacial score (nSPS) is 17.8. The summed E-state index contributed by atoms with van der Waals surface area (Å²) in [6.07, 6.45) is 7.92. The molecule has 1 aromatic carbocycles. The summed E-state index contributed by atoms with van der Waals surface area (Å²) in [5, 5.41) is 10.5. The van der Waals surface area contributed by atoms with Gasteiger partial charge in [0.2, 0.25) is 0 Å². The molecule has 12 heteroatoms. The second kappa shape index (κ2) is 12.5. The summed E-state index contributed by atoms with van der Waals surface area (Å²) in [5.41, 5.74) is 4.07. The lowest BCUT2D eigenvalue weighted by Gasteiger charge is -2.33. The number of carbonyl (C=O) groups is 1.